The van der Waals surface area contributed by atoms with Gasteiger partial charge in [0.05, 0.1) is 13.7 Å². The van der Waals surface area contributed by atoms with Gasteiger partial charge in [0, 0.05) is 32.4 Å². The van der Waals surface area contributed by atoms with Crippen molar-refractivity contribution in [3.8, 4) is 0 Å². The van der Waals surface area contributed by atoms with Crippen LogP contribution in [0.4, 0.5) is 10.6 Å². The first-order chi connectivity index (χ1) is 16.0. The van der Waals surface area contributed by atoms with Crippen molar-refractivity contribution in [2.45, 2.75) is 19.5 Å². The number of carbonyl (C=O) groups excluding carboxylic acids is 2. The molecule has 33 heavy (non-hydrogen) atoms. The Morgan fingerprint density at radius 1 is 1.09 bits per heavy atom. The number of benzene rings is 1. The van der Waals surface area contributed by atoms with E-state index in [0.29, 0.717) is 49.7 Å². The summed E-state index contributed by atoms with van der Waals surface area (Å²) in [5.41, 5.74) is 1.94. The highest BCUT2D eigenvalue weighted by Gasteiger charge is 2.27. The SMILES string of the molecule is COC(=O)[C@@H](C)NC(=O)N1CCN(c2nc3cccnc3n(Cc3ccccc3)c2=O)CC1. The summed E-state index contributed by atoms with van der Waals surface area (Å²) in [6.45, 7) is 3.63. The number of fused-ring (bicyclic) bond motifs is 1. The number of urea groups is 1. The monoisotopic (exact) mass is 450 g/mol. The number of anilines is 1. The number of esters is 1. The standard InChI is InChI=1S/C23H26N6O4/c1-16(22(31)33-2)25-23(32)28-13-11-27(12-14-28)20-21(30)29(15-17-7-4-3-5-8-17)19-18(26-20)9-6-10-24-19/h3-10,16H,11-15H2,1-2H3,(H,25,32)/t16-/m1/s1. The van der Waals surface area contributed by atoms with Gasteiger partial charge in [-0.25, -0.2) is 19.6 Å². The first-order valence-electron chi connectivity index (χ1n) is 10.8. The minimum absolute atomic E-state index is 0.220. The molecule has 0 bridgehead atoms. The normalized spacial score (nSPS) is 14.7. The summed E-state index contributed by atoms with van der Waals surface area (Å²) in [6, 6.07) is 12.3. The Kier molecular flexibility index (Phi) is 6.53. The number of piperazine rings is 1. The number of amides is 2. The van der Waals surface area contributed by atoms with Gasteiger partial charge < -0.3 is 19.9 Å². The van der Waals surface area contributed by atoms with Crippen LogP contribution in [-0.4, -0.2) is 70.8 Å². The van der Waals surface area contributed by atoms with Crippen molar-refractivity contribution in [3.05, 3.63) is 64.6 Å². The van der Waals surface area contributed by atoms with E-state index >= 15 is 0 Å². The lowest BCUT2D eigenvalue weighted by Gasteiger charge is -2.35. The molecular formula is C23H26N6O4. The van der Waals surface area contributed by atoms with Gasteiger partial charge in [0.25, 0.3) is 5.56 Å². The van der Waals surface area contributed by atoms with Crippen LogP contribution in [0, 0.1) is 0 Å². The lowest BCUT2D eigenvalue weighted by Crippen LogP contribution is -2.55. The number of carbonyl (C=O) groups is 2. The van der Waals surface area contributed by atoms with Crippen molar-refractivity contribution in [2.75, 3.05) is 38.2 Å². The molecule has 0 unspecified atom stereocenters. The molecule has 3 heterocycles. The molecule has 3 aromatic rings. The van der Waals surface area contributed by atoms with Crippen LogP contribution in [0.2, 0.25) is 0 Å². The van der Waals surface area contributed by atoms with Gasteiger partial charge in [0.1, 0.15) is 11.6 Å². The number of nitrogens with zero attached hydrogens (tertiary/aromatic N) is 5. The van der Waals surface area contributed by atoms with Crippen LogP contribution in [-0.2, 0) is 16.1 Å². The smallest absolute Gasteiger partial charge is 0.328 e. The van der Waals surface area contributed by atoms with E-state index in [-0.39, 0.29) is 11.6 Å². The quantitative estimate of drug-likeness (QED) is 0.582. The molecule has 2 amide bonds. The predicted octanol–water partition coefficient (Wildman–Crippen LogP) is 1.23. The molecule has 4 rings (SSSR count). The lowest BCUT2D eigenvalue weighted by atomic mass is 10.2. The third-order valence-electron chi connectivity index (χ3n) is 5.63. The zero-order valence-electron chi connectivity index (χ0n) is 18.6. The van der Waals surface area contributed by atoms with Crippen LogP contribution in [0.15, 0.2) is 53.5 Å². The largest absolute Gasteiger partial charge is 0.467 e. The second kappa shape index (κ2) is 9.68. The van der Waals surface area contributed by atoms with Crippen molar-refractivity contribution in [2.24, 2.45) is 0 Å². The molecule has 0 aliphatic carbocycles. The number of rotatable bonds is 5. The average Bonchev–Trinajstić information content (AvgIpc) is 2.85. The Bertz CT molecular complexity index is 1200. The second-order valence-corrected chi connectivity index (χ2v) is 7.83. The highest BCUT2D eigenvalue weighted by atomic mass is 16.5. The minimum Gasteiger partial charge on any atom is -0.467 e. The molecule has 172 valence electrons. The molecule has 1 atom stereocenters. The third kappa shape index (κ3) is 4.79. The first-order valence-corrected chi connectivity index (χ1v) is 10.8. The average molecular weight is 450 g/mol. The summed E-state index contributed by atoms with van der Waals surface area (Å²) >= 11 is 0. The minimum atomic E-state index is -0.736. The zero-order valence-corrected chi connectivity index (χ0v) is 18.6. The van der Waals surface area contributed by atoms with Crippen LogP contribution in [0.5, 0.6) is 0 Å². The maximum Gasteiger partial charge on any atom is 0.328 e. The van der Waals surface area contributed by atoms with E-state index in [9.17, 15) is 14.4 Å². The van der Waals surface area contributed by atoms with Crippen molar-refractivity contribution in [1.82, 2.24) is 24.8 Å². The van der Waals surface area contributed by atoms with Crippen molar-refractivity contribution in [1.29, 1.82) is 0 Å². The van der Waals surface area contributed by atoms with Crippen molar-refractivity contribution in [3.63, 3.8) is 0 Å². The van der Waals surface area contributed by atoms with Gasteiger partial charge in [0.2, 0.25) is 0 Å². The summed E-state index contributed by atoms with van der Waals surface area (Å²) in [5, 5.41) is 2.63. The van der Waals surface area contributed by atoms with E-state index in [1.807, 2.05) is 41.3 Å². The molecule has 0 spiro atoms. The summed E-state index contributed by atoms with van der Waals surface area (Å²) in [5.74, 6) is -0.163. The Labute approximate surface area is 190 Å². The fourth-order valence-corrected chi connectivity index (χ4v) is 3.81. The summed E-state index contributed by atoms with van der Waals surface area (Å²) < 4.78 is 6.29. The third-order valence-corrected chi connectivity index (χ3v) is 5.63. The maximum atomic E-state index is 13.4. The van der Waals surface area contributed by atoms with Gasteiger partial charge in [-0.2, -0.15) is 0 Å². The van der Waals surface area contributed by atoms with Gasteiger partial charge in [0.15, 0.2) is 11.5 Å². The summed E-state index contributed by atoms with van der Waals surface area (Å²) in [7, 11) is 1.28. The molecule has 0 saturated carbocycles. The van der Waals surface area contributed by atoms with E-state index in [1.165, 1.54) is 7.11 Å². The van der Waals surface area contributed by atoms with E-state index in [4.69, 9.17) is 0 Å². The topological polar surface area (TPSA) is 110 Å². The van der Waals surface area contributed by atoms with E-state index in [1.54, 1.807) is 28.7 Å². The van der Waals surface area contributed by atoms with Crippen molar-refractivity contribution >= 4 is 29.0 Å². The molecule has 2 aromatic heterocycles. The number of hydrogen-bond donors (Lipinski definition) is 1. The number of methoxy groups -OCH3 is 1. The van der Waals surface area contributed by atoms with Crippen LogP contribution in [0.3, 0.4) is 0 Å². The Morgan fingerprint density at radius 3 is 2.52 bits per heavy atom. The molecule has 1 aliphatic heterocycles. The molecule has 1 saturated heterocycles. The van der Waals surface area contributed by atoms with Gasteiger partial charge >= 0.3 is 12.0 Å². The number of aromatic nitrogens is 3. The molecular weight excluding hydrogens is 424 g/mol. The van der Waals surface area contributed by atoms with Gasteiger partial charge in [-0.15, -0.1) is 0 Å². The molecule has 1 aliphatic rings. The van der Waals surface area contributed by atoms with E-state index in [0.717, 1.165) is 5.56 Å². The summed E-state index contributed by atoms with van der Waals surface area (Å²) in [4.78, 5) is 50.0. The van der Waals surface area contributed by atoms with Gasteiger partial charge in [-0.05, 0) is 24.6 Å². The second-order valence-electron chi connectivity index (χ2n) is 7.83. The van der Waals surface area contributed by atoms with Crippen LogP contribution < -0.4 is 15.8 Å². The fourth-order valence-electron chi connectivity index (χ4n) is 3.81. The van der Waals surface area contributed by atoms with Crippen LogP contribution >= 0.6 is 0 Å². The Balaban J connectivity index is 1.55. The van der Waals surface area contributed by atoms with Gasteiger partial charge in [-0.3, -0.25) is 9.36 Å². The molecule has 1 fully saturated rings. The van der Waals surface area contributed by atoms with Crippen molar-refractivity contribution < 1.29 is 14.3 Å². The zero-order chi connectivity index (χ0) is 23.4. The molecule has 1 N–H and O–H groups in total. The predicted molar refractivity (Wildman–Crippen MR) is 123 cm³/mol. The number of nitrogens with one attached hydrogen (secondary N) is 1. The van der Waals surface area contributed by atoms with E-state index in [2.05, 4.69) is 20.0 Å². The summed E-state index contributed by atoms with van der Waals surface area (Å²) in [6.07, 6.45) is 1.65. The fraction of sp³-hybridized carbons (Fsp3) is 0.348. The van der Waals surface area contributed by atoms with Crippen LogP contribution in [0.1, 0.15) is 12.5 Å². The molecule has 10 heteroatoms. The lowest BCUT2D eigenvalue weighted by molar-refractivity contribution is -0.142. The molecule has 1 aromatic carbocycles. The number of pyridine rings is 1. The van der Waals surface area contributed by atoms with E-state index < -0.39 is 12.0 Å². The molecule has 0 radical (unpaired) electrons. The number of hydrogen-bond acceptors (Lipinski definition) is 7. The Hall–Kier alpha value is -3.95. The molecule has 10 nitrogen and oxygen atoms in total. The maximum absolute atomic E-state index is 13.4. The highest BCUT2D eigenvalue weighted by Crippen LogP contribution is 2.16. The van der Waals surface area contributed by atoms with Gasteiger partial charge in [-0.1, -0.05) is 30.3 Å². The first kappa shape index (κ1) is 22.3. The highest BCUT2D eigenvalue weighted by molar-refractivity contribution is 5.83. The van der Waals surface area contributed by atoms with Crippen LogP contribution in [0.25, 0.3) is 11.2 Å². The number of ether oxygens (including phenoxy) is 1. The Morgan fingerprint density at radius 2 is 1.82 bits per heavy atom.